The minimum atomic E-state index is -0.0926. The summed E-state index contributed by atoms with van der Waals surface area (Å²) in [4.78, 5) is 39.8. The molecule has 1 atom stereocenters. The summed E-state index contributed by atoms with van der Waals surface area (Å²) in [5.41, 5.74) is -0.0926. The van der Waals surface area contributed by atoms with Gasteiger partial charge in [-0.15, -0.1) is 0 Å². The van der Waals surface area contributed by atoms with Gasteiger partial charge >= 0.3 is 5.97 Å². The van der Waals surface area contributed by atoms with Crippen LogP contribution in [0.15, 0.2) is 24.3 Å². The molecule has 0 fully saturated rings. The van der Waals surface area contributed by atoms with Crippen molar-refractivity contribution < 1.29 is 19.1 Å². The van der Waals surface area contributed by atoms with Crippen molar-refractivity contribution in [3.63, 3.8) is 0 Å². The van der Waals surface area contributed by atoms with Crippen molar-refractivity contribution in [2.24, 2.45) is 11.3 Å². The van der Waals surface area contributed by atoms with Crippen LogP contribution < -0.4 is 10.6 Å². The van der Waals surface area contributed by atoms with E-state index in [0.717, 1.165) is 103 Å². The third-order valence-electron chi connectivity index (χ3n) is 9.97. The highest BCUT2D eigenvalue weighted by atomic mass is 16.5. The zero-order valence-corrected chi connectivity index (χ0v) is 36.1. The highest BCUT2D eigenvalue weighted by Crippen LogP contribution is 2.31. The first-order valence-corrected chi connectivity index (χ1v) is 22.2. The van der Waals surface area contributed by atoms with E-state index in [1.807, 2.05) is 0 Å². The van der Waals surface area contributed by atoms with Crippen LogP contribution in [-0.2, 0) is 19.1 Å². The maximum Gasteiger partial charge on any atom is 0.306 e. The van der Waals surface area contributed by atoms with Gasteiger partial charge in [0.2, 0.25) is 11.8 Å². The SMILES string of the molecule is CCCCCC/C=C\CNC(=O)CCCCCCCC(CCCCCCCC(=O)NC/C=C\CCCCCC)OC(=O)CC(C)(C)CC(C)CN(C)C. The maximum absolute atomic E-state index is 13.2. The van der Waals surface area contributed by atoms with Crippen LogP contribution >= 0.6 is 0 Å². The van der Waals surface area contributed by atoms with Gasteiger partial charge < -0.3 is 20.3 Å². The van der Waals surface area contributed by atoms with Crippen molar-refractivity contribution in [1.82, 2.24) is 15.5 Å². The van der Waals surface area contributed by atoms with Crippen molar-refractivity contribution in [3.8, 4) is 0 Å². The Balaban J connectivity index is 4.48. The van der Waals surface area contributed by atoms with Crippen LogP contribution in [0.4, 0.5) is 0 Å². The summed E-state index contributed by atoms with van der Waals surface area (Å²) in [6.45, 7) is 13.4. The zero-order chi connectivity index (χ0) is 39.4. The number of nitrogens with one attached hydrogen (secondary N) is 2. The fourth-order valence-electron chi connectivity index (χ4n) is 7.26. The molecule has 0 radical (unpaired) electrons. The van der Waals surface area contributed by atoms with Gasteiger partial charge in [-0.3, -0.25) is 14.4 Å². The number of unbranched alkanes of at least 4 members (excludes halogenated alkanes) is 16. The van der Waals surface area contributed by atoms with E-state index < -0.39 is 0 Å². The van der Waals surface area contributed by atoms with Crippen molar-refractivity contribution in [1.29, 1.82) is 0 Å². The number of carbonyl (C=O) groups excluding carboxylic acids is 3. The Morgan fingerprint density at radius 3 is 1.51 bits per heavy atom. The van der Waals surface area contributed by atoms with Crippen LogP contribution in [0.5, 0.6) is 0 Å². The van der Waals surface area contributed by atoms with E-state index in [0.29, 0.717) is 38.3 Å². The predicted octanol–water partition coefficient (Wildman–Crippen LogP) is 11.6. The molecule has 0 spiro atoms. The molecule has 7 heteroatoms. The smallest absolute Gasteiger partial charge is 0.306 e. The highest BCUT2D eigenvalue weighted by molar-refractivity contribution is 5.76. The van der Waals surface area contributed by atoms with E-state index in [9.17, 15) is 14.4 Å². The summed E-state index contributed by atoms with van der Waals surface area (Å²) in [5, 5.41) is 6.03. The Labute approximate surface area is 328 Å². The lowest BCUT2D eigenvalue weighted by Crippen LogP contribution is -2.28. The second-order valence-electron chi connectivity index (χ2n) is 16.9. The van der Waals surface area contributed by atoms with E-state index in [2.05, 4.69) is 88.6 Å². The maximum atomic E-state index is 13.2. The van der Waals surface area contributed by atoms with Crippen molar-refractivity contribution in [3.05, 3.63) is 24.3 Å². The van der Waals surface area contributed by atoms with Crippen LogP contribution in [0, 0.1) is 11.3 Å². The third kappa shape index (κ3) is 36.6. The van der Waals surface area contributed by atoms with Gasteiger partial charge in [-0.1, -0.05) is 136 Å². The minimum Gasteiger partial charge on any atom is -0.462 e. The number of nitrogens with zero attached hydrogens (tertiary/aromatic N) is 1. The van der Waals surface area contributed by atoms with Gasteiger partial charge in [0.15, 0.2) is 0 Å². The van der Waals surface area contributed by atoms with Gasteiger partial charge in [-0.2, -0.15) is 0 Å². The summed E-state index contributed by atoms with van der Waals surface area (Å²) in [6, 6.07) is 0. The van der Waals surface area contributed by atoms with Crippen LogP contribution in [0.2, 0.25) is 0 Å². The van der Waals surface area contributed by atoms with Crippen LogP contribution in [0.3, 0.4) is 0 Å². The minimum absolute atomic E-state index is 0.0338. The van der Waals surface area contributed by atoms with Gasteiger partial charge in [0, 0.05) is 32.5 Å². The quantitative estimate of drug-likeness (QED) is 0.0375. The molecular formula is C46H87N3O4. The number of carbonyl (C=O) groups is 3. The molecule has 0 aliphatic rings. The Morgan fingerprint density at radius 1 is 0.623 bits per heavy atom. The molecule has 2 amide bonds. The summed E-state index contributed by atoms with van der Waals surface area (Å²) in [5.74, 6) is 0.744. The second-order valence-corrected chi connectivity index (χ2v) is 16.9. The van der Waals surface area contributed by atoms with Crippen molar-refractivity contribution >= 4 is 17.8 Å². The molecule has 0 bridgehead atoms. The molecule has 0 aliphatic carbocycles. The van der Waals surface area contributed by atoms with Crippen LogP contribution in [-0.4, -0.2) is 62.5 Å². The average Bonchev–Trinajstić information content (AvgIpc) is 3.08. The lowest BCUT2D eigenvalue weighted by molar-refractivity contribution is -0.152. The third-order valence-corrected chi connectivity index (χ3v) is 9.97. The Hall–Kier alpha value is -2.15. The largest absolute Gasteiger partial charge is 0.462 e. The van der Waals surface area contributed by atoms with Crippen molar-refractivity contribution in [2.45, 2.75) is 208 Å². The average molecular weight is 746 g/mol. The first-order chi connectivity index (χ1) is 25.5. The normalized spacial score (nSPS) is 12.7. The fourth-order valence-corrected chi connectivity index (χ4v) is 7.26. The number of hydrogen-bond acceptors (Lipinski definition) is 5. The molecule has 310 valence electrons. The lowest BCUT2D eigenvalue weighted by Gasteiger charge is -2.29. The van der Waals surface area contributed by atoms with Gasteiger partial charge in [0.1, 0.15) is 6.10 Å². The first-order valence-electron chi connectivity index (χ1n) is 22.2. The van der Waals surface area contributed by atoms with E-state index in [-0.39, 0.29) is 29.3 Å². The molecule has 53 heavy (non-hydrogen) atoms. The molecule has 2 N–H and O–H groups in total. The van der Waals surface area contributed by atoms with Crippen LogP contribution in [0.25, 0.3) is 0 Å². The molecule has 0 saturated carbocycles. The standard InChI is InChI=1S/C46H87N3O4/c1-8-10-12-14-16-24-30-36-47-43(50)34-28-22-18-20-26-32-42(53-45(52)39-46(4,5)38-41(3)40-49(6)7)33-27-21-19-23-29-35-44(51)48-37-31-25-17-15-13-11-9-2/h24-25,30-31,41-42H,8-23,26-29,32-40H2,1-7H3,(H,47,50)(H,48,51)/b30-24-,31-25-. The Morgan fingerprint density at radius 2 is 1.06 bits per heavy atom. The Kier molecular flexibility index (Phi) is 34.1. The van der Waals surface area contributed by atoms with Gasteiger partial charge in [0.25, 0.3) is 0 Å². The molecule has 0 saturated heterocycles. The summed E-state index contributed by atoms with van der Waals surface area (Å²) < 4.78 is 6.16. The lowest BCUT2D eigenvalue weighted by atomic mass is 9.80. The van der Waals surface area contributed by atoms with Crippen LogP contribution in [0.1, 0.15) is 202 Å². The second kappa shape index (κ2) is 35.5. The first kappa shape index (κ1) is 50.9. The van der Waals surface area contributed by atoms with E-state index >= 15 is 0 Å². The number of amides is 2. The number of esters is 1. The molecule has 0 aromatic heterocycles. The molecule has 7 nitrogen and oxygen atoms in total. The topological polar surface area (TPSA) is 87.7 Å². The van der Waals surface area contributed by atoms with Gasteiger partial charge in [0.05, 0.1) is 6.42 Å². The molecule has 0 rings (SSSR count). The monoisotopic (exact) mass is 746 g/mol. The molecule has 0 aromatic rings. The van der Waals surface area contributed by atoms with Gasteiger partial charge in [-0.25, -0.2) is 0 Å². The van der Waals surface area contributed by atoms with E-state index in [1.54, 1.807) is 0 Å². The summed E-state index contributed by atoms with van der Waals surface area (Å²) >= 11 is 0. The number of allylic oxidation sites excluding steroid dienone is 2. The van der Waals surface area contributed by atoms with Gasteiger partial charge in [-0.05, 0) is 96.1 Å². The molecular weight excluding hydrogens is 659 g/mol. The van der Waals surface area contributed by atoms with E-state index in [1.165, 1.54) is 51.4 Å². The predicted molar refractivity (Wildman–Crippen MR) is 227 cm³/mol. The number of rotatable bonds is 37. The zero-order valence-electron chi connectivity index (χ0n) is 36.1. The molecule has 0 aliphatic heterocycles. The van der Waals surface area contributed by atoms with Crippen molar-refractivity contribution in [2.75, 3.05) is 33.7 Å². The Bertz CT molecular complexity index is 893. The summed E-state index contributed by atoms with van der Waals surface area (Å²) in [6.07, 6.45) is 35.7. The van der Waals surface area contributed by atoms with E-state index in [4.69, 9.17) is 4.74 Å². The number of ether oxygens (including phenoxy) is 1. The highest BCUT2D eigenvalue weighted by Gasteiger charge is 2.27. The molecule has 0 aromatic carbocycles. The molecule has 0 heterocycles. The number of hydrogen-bond donors (Lipinski definition) is 2. The molecule has 1 unspecified atom stereocenters. The fraction of sp³-hybridized carbons (Fsp3) is 0.848. The summed E-state index contributed by atoms with van der Waals surface area (Å²) in [7, 11) is 4.20.